The Morgan fingerprint density at radius 3 is 2.19 bits per heavy atom. The summed E-state index contributed by atoms with van der Waals surface area (Å²) in [4.78, 5) is 11.4. The molecule has 0 unspecified atom stereocenters. The Balaban J connectivity index is 2.05. The molecule has 0 heterocycles. The number of rotatable bonds is 3. The Kier molecular flexibility index (Phi) is 4.05. The molecule has 0 fully saturated rings. The Labute approximate surface area is 130 Å². The molecule has 2 aliphatic rings. The zero-order valence-electron chi connectivity index (χ0n) is 11.7. The van der Waals surface area contributed by atoms with Crippen LogP contribution in [0.4, 0.5) is 5.69 Å². The molecule has 104 valence electrons. The van der Waals surface area contributed by atoms with Crippen LogP contribution in [0.3, 0.4) is 0 Å². The molecule has 0 radical (unpaired) electrons. The summed E-state index contributed by atoms with van der Waals surface area (Å²) < 4.78 is 2.63. The standard InChI is InChI=1S/C18H15NOSe/c1-13(20)19-17-12-18(21-14-8-4-2-5-9-14)16-11-7-3-6-10-15(16)17/h2-12H,1H3,(H,19,20). The van der Waals surface area contributed by atoms with Gasteiger partial charge in [-0.2, -0.15) is 0 Å². The molecule has 1 aromatic carbocycles. The van der Waals surface area contributed by atoms with Crippen molar-refractivity contribution in [2.45, 2.75) is 6.92 Å². The summed E-state index contributed by atoms with van der Waals surface area (Å²) in [6.45, 7) is 1.55. The van der Waals surface area contributed by atoms with Crippen LogP contribution in [-0.2, 0) is 4.79 Å². The molecule has 2 aliphatic carbocycles. The second kappa shape index (κ2) is 6.13. The molecule has 0 saturated heterocycles. The maximum absolute atomic E-state index is 11.4. The summed E-state index contributed by atoms with van der Waals surface area (Å²) in [6.07, 6.45) is 0. The van der Waals surface area contributed by atoms with E-state index in [1.807, 2.05) is 24.3 Å². The molecular formula is C18H15NOSe. The molecule has 0 spiro atoms. The average Bonchev–Trinajstić information content (AvgIpc) is 2.66. The molecule has 0 saturated carbocycles. The van der Waals surface area contributed by atoms with Gasteiger partial charge in [0.15, 0.2) is 0 Å². The summed E-state index contributed by atoms with van der Waals surface area (Å²) in [5.41, 5.74) is 3.22. The predicted molar refractivity (Wildman–Crippen MR) is 88.8 cm³/mol. The number of amides is 1. The maximum atomic E-state index is 11.4. The summed E-state index contributed by atoms with van der Waals surface area (Å²) in [5, 5.41) is 2.94. The molecule has 0 bridgehead atoms. The molecule has 0 aromatic heterocycles. The van der Waals surface area contributed by atoms with E-state index >= 15 is 0 Å². The van der Waals surface area contributed by atoms with Gasteiger partial charge in [-0.15, -0.1) is 0 Å². The molecule has 1 aromatic rings. The van der Waals surface area contributed by atoms with Gasteiger partial charge in [0.25, 0.3) is 0 Å². The Bertz CT molecular complexity index is 739. The van der Waals surface area contributed by atoms with Crippen molar-refractivity contribution in [1.82, 2.24) is 0 Å². The van der Waals surface area contributed by atoms with E-state index in [2.05, 4.69) is 47.8 Å². The molecule has 0 aliphatic heterocycles. The van der Waals surface area contributed by atoms with Crippen LogP contribution >= 0.6 is 0 Å². The zero-order chi connectivity index (χ0) is 14.7. The Morgan fingerprint density at radius 2 is 1.52 bits per heavy atom. The van der Waals surface area contributed by atoms with E-state index in [1.165, 1.54) is 14.5 Å². The minimum atomic E-state index is -0.0350. The van der Waals surface area contributed by atoms with E-state index in [0.29, 0.717) is 0 Å². The van der Waals surface area contributed by atoms with Crippen LogP contribution < -0.4 is 14.2 Å². The van der Waals surface area contributed by atoms with Crippen molar-refractivity contribution in [3.63, 3.8) is 0 Å². The average molecular weight is 340 g/mol. The van der Waals surface area contributed by atoms with Gasteiger partial charge < -0.3 is 0 Å². The first-order valence-corrected chi connectivity index (χ1v) is 8.47. The minimum absolute atomic E-state index is 0.0350. The van der Waals surface area contributed by atoms with E-state index in [1.54, 1.807) is 6.92 Å². The van der Waals surface area contributed by atoms with Crippen molar-refractivity contribution < 1.29 is 4.79 Å². The quantitative estimate of drug-likeness (QED) is 0.729. The monoisotopic (exact) mass is 341 g/mol. The van der Waals surface area contributed by atoms with Gasteiger partial charge in [-0.3, -0.25) is 0 Å². The first kappa shape index (κ1) is 13.9. The van der Waals surface area contributed by atoms with Crippen molar-refractivity contribution >= 4 is 35.5 Å². The second-order valence-corrected chi connectivity index (χ2v) is 7.10. The molecule has 3 rings (SSSR count). The van der Waals surface area contributed by atoms with Gasteiger partial charge in [-0.25, -0.2) is 0 Å². The summed E-state index contributed by atoms with van der Waals surface area (Å²) in [6, 6.07) is 22.8. The normalized spacial score (nSPS) is 10.5. The molecule has 2 nitrogen and oxygen atoms in total. The molecule has 1 amide bonds. The van der Waals surface area contributed by atoms with E-state index in [-0.39, 0.29) is 20.9 Å². The summed E-state index contributed by atoms with van der Waals surface area (Å²) >= 11 is 0.227. The Morgan fingerprint density at radius 1 is 0.905 bits per heavy atom. The molecule has 21 heavy (non-hydrogen) atoms. The van der Waals surface area contributed by atoms with Gasteiger partial charge in [0.1, 0.15) is 0 Å². The van der Waals surface area contributed by atoms with Crippen molar-refractivity contribution in [3.05, 3.63) is 66.7 Å². The fourth-order valence-electron chi connectivity index (χ4n) is 2.28. The molecule has 3 heteroatoms. The molecule has 1 N–H and O–H groups in total. The van der Waals surface area contributed by atoms with Crippen LogP contribution in [0.25, 0.3) is 11.1 Å². The summed E-state index contributed by atoms with van der Waals surface area (Å²) in [7, 11) is 0. The fourth-order valence-corrected chi connectivity index (χ4v) is 4.40. The second-order valence-electron chi connectivity index (χ2n) is 4.76. The van der Waals surface area contributed by atoms with Crippen molar-refractivity contribution in [2.24, 2.45) is 0 Å². The van der Waals surface area contributed by atoms with Crippen LogP contribution in [0.1, 0.15) is 6.92 Å². The zero-order valence-corrected chi connectivity index (χ0v) is 13.4. The SMILES string of the molecule is CC(=O)Nc1cc([Se]c2ccccc2)c2cccccc1-2. The Hall–Kier alpha value is -2.09. The number of carbonyl (C=O) groups is 1. The van der Waals surface area contributed by atoms with Gasteiger partial charge in [-0.05, 0) is 0 Å². The van der Waals surface area contributed by atoms with Gasteiger partial charge >= 0.3 is 130 Å². The van der Waals surface area contributed by atoms with Crippen LogP contribution in [0.2, 0.25) is 0 Å². The van der Waals surface area contributed by atoms with Crippen molar-refractivity contribution in [1.29, 1.82) is 0 Å². The van der Waals surface area contributed by atoms with Gasteiger partial charge in [-0.1, -0.05) is 0 Å². The third kappa shape index (κ3) is 3.15. The third-order valence-electron chi connectivity index (χ3n) is 3.15. The van der Waals surface area contributed by atoms with Crippen LogP contribution in [-0.4, -0.2) is 20.9 Å². The van der Waals surface area contributed by atoms with E-state index in [0.717, 1.165) is 11.3 Å². The van der Waals surface area contributed by atoms with Crippen LogP contribution in [0.15, 0.2) is 66.7 Å². The predicted octanol–water partition coefficient (Wildman–Crippen LogP) is 2.40. The van der Waals surface area contributed by atoms with Crippen molar-refractivity contribution in [2.75, 3.05) is 5.32 Å². The first-order valence-electron chi connectivity index (χ1n) is 6.76. The number of hydrogen-bond acceptors (Lipinski definition) is 1. The number of benzene rings is 1. The van der Waals surface area contributed by atoms with E-state index in [4.69, 9.17) is 0 Å². The number of hydrogen-bond donors (Lipinski definition) is 1. The number of carbonyl (C=O) groups excluding carboxylic acids is 1. The van der Waals surface area contributed by atoms with Gasteiger partial charge in [0.05, 0.1) is 0 Å². The van der Waals surface area contributed by atoms with Crippen molar-refractivity contribution in [3.8, 4) is 11.1 Å². The molecule has 0 atom stereocenters. The number of fused-ring (bicyclic) bond motifs is 1. The first-order chi connectivity index (χ1) is 10.2. The van der Waals surface area contributed by atoms with Crippen LogP contribution in [0, 0.1) is 0 Å². The summed E-state index contributed by atoms with van der Waals surface area (Å²) in [5.74, 6) is -0.0350. The number of anilines is 1. The van der Waals surface area contributed by atoms with Crippen LogP contribution in [0.5, 0.6) is 0 Å². The van der Waals surface area contributed by atoms with E-state index < -0.39 is 0 Å². The van der Waals surface area contributed by atoms with E-state index in [9.17, 15) is 4.79 Å². The van der Waals surface area contributed by atoms with Gasteiger partial charge in [0, 0.05) is 0 Å². The number of nitrogens with one attached hydrogen (secondary N) is 1. The topological polar surface area (TPSA) is 29.1 Å². The third-order valence-corrected chi connectivity index (χ3v) is 5.39. The molecular weight excluding hydrogens is 325 g/mol. The van der Waals surface area contributed by atoms with Gasteiger partial charge in [0.2, 0.25) is 0 Å². The fraction of sp³-hybridized carbons (Fsp3) is 0.0556.